The number of thiazole rings is 1. The molecule has 0 saturated heterocycles. The van der Waals surface area contributed by atoms with E-state index in [1.165, 1.54) is 17.4 Å². The number of aromatic amines is 1. The summed E-state index contributed by atoms with van der Waals surface area (Å²) >= 11 is 1.23. The van der Waals surface area contributed by atoms with Crippen molar-refractivity contribution in [2.24, 2.45) is 10.9 Å². The number of benzene rings is 2. The quantitative estimate of drug-likeness (QED) is 0.162. The highest BCUT2D eigenvalue weighted by Gasteiger charge is 2.33. The van der Waals surface area contributed by atoms with Crippen molar-refractivity contribution in [3.63, 3.8) is 0 Å². The van der Waals surface area contributed by atoms with Gasteiger partial charge in [-0.1, -0.05) is 29.5 Å². The summed E-state index contributed by atoms with van der Waals surface area (Å²) in [5.74, 6) is -0.145. The van der Waals surface area contributed by atoms with Crippen molar-refractivity contribution < 1.29 is 21.9 Å². The van der Waals surface area contributed by atoms with E-state index in [9.17, 15) is 21.9 Å². The zero-order chi connectivity index (χ0) is 24.7. The molecule has 0 unspecified atom stereocenters. The molecule has 0 aliphatic heterocycles. The minimum Gasteiger partial charge on any atom is -0.395 e. The lowest BCUT2D eigenvalue weighted by Crippen LogP contribution is -2.43. The van der Waals surface area contributed by atoms with E-state index in [0.717, 1.165) is 10.8 Å². The number of anilines is 1. The smallest absolute Gasteiger partial charge is 0.242 e. The topological polar surface area (TPSA) is 246 Å². The van der Waals surface area contributed by atoms with Crippen LogP contribution in [0.3, 0.4) is 0 Å². The van der Waals surface area contributed by atoms with Crippen LogP contribution in [-0.4, -0.2) is 66.7 Å². The number of tetrazole rings is 1. The van der Waals surface area contributed by atoms with Crippen molar-refractivity contribution in [1.29, 1.82) is 0 Å². The van der Waals surface area contributed by atoms with E-state index < -0.39 is 42.5 Å². The molecule has 17 heteroatoms. The first-order chi connectivity index (χ1) is 16.1. The van der Waals surface area contributed by atoms with Crippen LogP contribution in [0.4, 0.5) is 5.13 Å². The summed E-state index contributed by atoms with van der Waals surface area (Å²) < 4.78 is 54.7. The molecule has 2 heterocycles. The maximum atomic E-state index is 13.1. The van der Waals surface area contributed by atoms with E-state index in [1.807, 2.05) is 0 Å². The number of H-pyrrole nitrogens is 1. The molecule has 0 radical (unpaired) electrons. The van der Waals surface area contributed by atoms with Gasteiger partial charge in [0.05, 0.1) is 28.4 Å². The summed E-state index contributed by atoms with van der Waals surface area (Å²) in [6.45, 7) is -0.838. The van der Waals surface area contributed by atoms with Crippen LogP contribution in [0, 0.1) is 0 Å². The summed E-state index contributed by atoms with van der Waals surface area (Å²) in [6.07, 6.45) is 0. The molecule has 180 valence electrons. The van der Waals surface area contributed by atoms with Gasteiger partial charge in [-0.15, -0.1) is 5.10 Å². The van der Waals surface area contributed by atoms with Gasteiger partial charge in [-0.3, -0.25) is 0 Å². The molecule has 2 aromatic heterocycles. The molecule has 4 rings (SSSR count). The second-order valence-corrected chi connectivity index (χ2v) is 11.3. The molecule has 4 aromatic rings. The molecule has 0 fully saturated rings. The second-order valence-electron chi connectivity index (χ2n) is 7.05. The Morgan fingerprint density at radius 1 is 1.15 bits per heavy atom. The molecular formula is C17H19N9O5S3. The predicted molar refractivity (Wildman–Crippen MR) is 124 cm³/mol. The fourth-order valence-electron chi connectivity index (χ4n) is 3.41. The summed E-state index contributed by atoms with van der Waals surface area (Å²) in [5, 5.41) is 28.4. The number of sulfonamides is 2. The Hall–Kier alpha value is -3.06. The second kappa shape index (κ2) is 8.95. The van der Waals surface area contributed by atoms with Gasteiger partial charge in [-0.05, 0) is 28.1 Å². The number of nitrogens with one attached hydrogen (secondary N) is 2. The van der Waals surface area contributed by atoms with Crippen LogP contribution in [0.15, 0.2) is 40.1 Å². The Bertz CT molecular complexity index is 1560. The molecule has 9 N–H and O–H groups in total. The number of primary sulfonamides is 1. The number of aliphatic hydroxyl groups is 1. The Labute approximate surface area is 197 Å². The largest absolute Gasteiger partial charge is 0.395 e. The number of hydrogen-bond acceptors (Lipinski definition) is 12. The van der Waals surface area contributed by atoms with Gasteiger partial charge in [-0.2, -0.15) is 0 Å². The van der Waals surface area contributed by atoms with Gasteiger partial charge in [0.1, 0.15) is 9.79 Å². The first-order valence-corrected chi connectivity index (χ1v) is 13.3. The Morgan fingerprint density at radius 3 is 2.53 bits per heavy atom. The molecule has 14 nitrogen and oxygen atoms in total. The minimum atomic E-state index is -4.67. The van der Waals surface area contributed by atoms with Crippen LogP contribution in [0.1, 0.15) is 0 Å². The van der Waals surface area contributed by atoms with Gasteiger partial charge in [-0.25, -0.2) is 36.8 Å². The molecule has 0 aliphatic rings. The number of aromatic nitrogens is 5. The maximum Gasteiger partial charge on any atom is 0.242 e. The van der Waals surface area contributed by atoms with E-state index >= 15 is 0 Å². The zero-order valence-corrected chi connectivity index (χ0v) is 19.7. The number of hydrogen-bond donors (Lipinski definition) is 6. The van der Waals surface area contributed by atoms with Gasteiger partial charge >= 0.3 is 0 Å². The first kappa shape index (κ1) is 24.1. The number of nitrogens with zero attached hydrogens (tertiary/aromatic N) is 4. The average molecular weight is 526 g/mol. The van der Waals surface area contributed by atoms with E-state index in [2.05, 4.69) is 30.3 Å². The van der Waals surface area contributed by atoms with E-state index in [-0.39, 0.29) is 28.6 Å². The Morgan fingerprint density at radius 2 is 1.91 bits per heavy atom. The van der Waals surface area contributed by atoms with Crippen LogP contribution in [-0.2, 0) is 20.0 Å². The fourth-order valence-corrected chi connectivity index (χ4v) is 7.02. The van der Waals surface area contributed by atoms with E-state index in [4.69, 9.17) is 16.6 Å². The van der Waals surface area contributed by atoms with Gasteiger partial charge in [0.15, 0.2) is 11.0 Å². The number of nitrogen functional groups attached to an aromatic ring is 1. The lowest BCUT2D eigenvalue weighted by Gasteiger charge is -2.19. The van der Waals surface area contributed by atoms with Gasteiger partial charge in [0, 0.05) is 12.1 Å². The molecule has 2 aromatic carbocycles. The third-order valence-electron chi connectivity index (χ3n) is 4.83. The van der Waals surface area contributed by atoms with Gasteiger partial charge in [0.25, 0.3) is 0 Å². The highest BCUT2D eigenvalue weighted by Crippen LogP contribution is 2.41. The summed E-state index contributed by atoms with van der Waals surface area (Å²) in [5.41, 5.74) is 12.3. The van der Waals surface area contributed by atoms with Crippen molar-refractivity contribution in [2.75, 3.05) is 18.9 Å². The van der Waals surface area contributed by atoms with Crippen LogP contribution in [0.5, 0.6) is 0 Å². The molecule has 1 atom stereocenters. The lowest BCUT2D eigenvalue weighted by molar-refractivity contribution is 0.259. The summed E-state index contributed by atoms with van der Waals surface area (Å²) in [4.78, 5) is 2.91. The van der Waals surface area contributed by atoms with Crippen molar-refractivity contribution in [3.8, 4) is 22.5 Å². The molecule has 0 bridgehead atoms. The van der Waals surface area contributed by atoms with Crippen molar-refractivity contribution in [3.05, 3.63) is 30.3 Å². The Balaban J connectivity index is 2.10. The normalized spacial score (nSPS) is 13.4. The predicted octanol–water partition coefficient (Wildman–Crippen LogP) is -1.03. The molecule has 0 aliphatic carbocycles. The maximum absolute atomic E-state index is 13.1. The first-order valence-electron chi connectivity index (χ1n) is 9.49. The number of aliphatic hydroxyl groups excluding tert-OH is 1. The van der Waals surface area contributed by atoms with Crippen LogP contribution >= 0.6 is 11.3 Å². The molecular weight excluding hydrogens is 506 g/mol. The third-order valence-corrected chi connectivity index (χ3v) is 8.37. The SMILES string of the molecule is NC[C@@H](CO)NS(=O)(=O)c1ccc(-c2cccc3sc(N)nc23)c(-c2nnn[nH]2)c1S(N)(=O)=O. The van der Waals surface area contributed by atoms with Crippen molar-refractivity contribution in [2.45, 2.75) is 15.8 Å². The number of fused-ring (bicyclic) bond motifs is 1. The minimum absolute atomic E-state index is 0.145. The highest BCUT2D eigenvalue weighted by atomic mass is 32.2. The third kappa shape index (κ3) is 4.37. The lowest BCUT2D eigenvalue weighted by atomic mass is 9.98. The van der Waals surface area contributed by atoms with Crippen molar-refractivity contribution >= 4 is 46.7 Å². The fraction of sp³-hybridized carbons (Fsp3) is 0.176. The molecule has 0 amide bonds. The van der Waals surface area contributed by atoms with Crippen LogP contribution in [0.2, 0.25) is 0 Å². The number of nitrogens with two attached hydrogens (primary N) is 3. The zero-order valence-electron chi connectivity index (χ0n) is 17.2. The number of para-hydroxylation sites is 1. The van der Waals surface area contributed by atoms with Crippen LogP contribution in [0.25, 0.3) is 32.7 Å². The van der Waals surface area contributed by atoms with Gasteiger partial charge in [0.2, 0.25) is 20.0 Å². The highest BCUT2D eigenvalue weighted by molar-refractivity contribution is 7.92. The van der Waals surface area contributed by atoms with Crippen molar-refractivity contribution in [1.82, 2.24) is 30.3 Å². The molecule has 0 saturated carbocycles. The average Bonchev–Trinajstić information content (AvgIpc) is 3.44. The Kier molecular flexibility index (Phi) is 6.34. The molecule has 34 heavy (non-hydrogen) atoms. The van der Waals surface area contributed by atoms with E-state index in [0.29, 0.717) is 11.1 Å². The summed E-state index contributed by atoms with van der Waals surface area (Å²) in [6, 6.07) is 6.59. The molecule has 0 spiro atoms. The number of rotatable bonds is 8. The van der Waals surface area contributed by atoms with Crippen LogP contribution < -0.4 is 21.3 Å². The summed E-state index contributed by atoms with van der Waals surface area (Å²) in [7, 11) is -9.19. The monoisotopic (exact) mass is 525 g/mol. The standard InChI is InChI=1S/C17H19N9O5S3/c18-6-8(7-27)24-34(30,31)12-5-4-9(10-2-1-3-11-14(10)21-17(19)32-11)13(15(12)33(20,28)29)16-22-25-26-23-16/h1-5,8,24,27H,6-7,18H2,(H2,19,21)(H2,20,28,29)(H,22,23,25,26)/t8-/m0/s1. The van der Waals surface area contributed by atoms with Gasteiger partial charge < -0.3 is 16.6 Å². The van der Waals surface area contributed by atoms with E-state index in [1.54, 1.807) is 18.2 Å².